The second kappa shape index (κ2) is 7.69. The molecule has 5 heteroatoms. The van der Waals surface area contributed by atoms with Crippen molar-refractivity contribution in [3.05, 3.63) is 82.0 Å². The molecule has 1 heterocycles. The molecular weight excluding hydrogens is 310 g/mol. The first-order valence-electron chi connectivity index (χ1n) is 8.48. The first kappa shape index (κ1) is 16.8. The van der Waals surface area contributed by atoms with Gasteiger partial charge in [-0.1, -0.05) is 54.5 Å². The number of hydrogen-bond acceptors (Lipinski definition) is 2. The Hall–Kier alpha value is -3.04. The Morgan fingerprint density at radius 1 is 1.08 bits per heavy atom. The summed E-state index contributed by atoms with van der Waals surface area (Å²) in [5, 5.41) is 8.41. The van der Waals surface area contributed by atoms with Crippen LogP contribution in [0.2, 0.25) is 0 Å². The van der Waals surface area contributed by atoms with Crippen LogP contribution in [0.5, 0.6) is 0 Å². The van der Waals surface area contributed by atoms with E-state index >= 15 is 0 Å². The van der Waals surface area contributed by atoms with Gasteiger partial charge in [0, 0.05) is 22.7 Å². The average molecular weight is 331 g/mol. The van der Waals surface area contributed by atoms with Crippen molar-refractivity contribution in [2.75, 3.05) is 6.54 Å². The third-order valence-electron chi connectivity index (χ3n) is 4.33. The fraction of sp³-hybridized carbons (Fsp3) is 0.250. The molecule has 0 aliphatic heterocycles. The standard InChI is InChI=1S/C20H21N5/c1-3-19-20(17-7-5-4-6-8-17)15(2)25(23-19)18-11-9-16(10-12-18)13-14-22-24-21/h4-12H,3,13-14H2,1-2H3. The van der Waals surface area contributed by atoms with E-state index in [1.165, 1.54) is 11.1 Å². The first-order chi connectivity index (χ1) is 12.2. The van der Waals surface area contributed by atoms with Gasteiger partial charge in [0.25, 0.3) is 0 Å². The maximum Gasteiger partial charge on any atom is 0.0707 e. The van der Waals surface area contributed by atoms with Gasteiger partial charge in [0.05, 0.1) is 11.4 Å². The van der Waals surface area contributed by atoms with E-state index in [4.69, 9.17) is 10.6 Å². The number of benzene rings is 2. The van der Waals surface area contributed by atoms with Gasteiger partial charge in [-0.3, -0.25) is 0 Å². The minimum atomic E-state index is 0.481. The lowest BCUT2D eigenvalue weighted by Crippen LogP contribution is -2.00. The molecule has 1 aromatic heterocycles. The van der Waals surface area contributed by atoms with E-state index in [1.807, 2.05) is 10.7 Å². The van der Waals surface area contributed by atoms with Gasteiger partial charge < -0.3 is 0 Å². The fourth-order valence-corrected chi connectivity index (χ4v) is 3.07. The SMILES string of the molecule is CCc1nn(-c2ccc(CCN=[N+]=[N-])cc2)c(C)c1-c1ccccc1. The molecule has 0 spiro atoms. The molecule has 5 nitrogen and oxygen atoms in total. The lowest BCUT2D eigenvalue weighted by molar-refractivity contribution is 0.817. The largest absolute Gasteiger partial charge is 0.237 e. The van der Waals surface area contributed by atoms with Gasteiger partial charge in [-0.15, -0.1) is 0 Å². The predicted octanol–water partition coefficient (Wildman–Crippen LogP) is 5.26. The van der Waals surface area contributed by atoms with Crippen LogP contribution in [0, 0.1) is 6.92 Å². The zero-order valence-corrected chi connectivity index (χ0v) is 14.6. The normalized spacial score (nSPS) is 10.5. The Bertz CT molecular complexity index is 888. The van der Waals surface area contributed by atoms with Crippen molar-refractivity contribution in [1.29, 1.82) is 0 Å². The van der Waals surface area contributed by atoms with Gasteiger partial charge in [0.1, 0.15) is 0 Å². The highest BCUT2D eigenvalue weighted by Crippen LogP contribution is 2.29. The van der Waals surface area contributed by atoms with Gasteiger partial charge in [-0.2, -0.15) is 5.10 Å². The summed E-state index contributed by atoms with van der Waals surface area (Å²) in [6.07, 6.45) is 1.64. The van der Waals surface area contributed by atoms with Gasteiger partial charge in [-0.25, -0.2) is 4.68 Å². The van der Waals surface area contributed by atoms with Crippen molar-refractivity contribution in [3.63, 3.8) is 0 Å². The van der Waals surface area contributed by atoms with Crippen LogP contribution < -0.4 is 0 Å². The Kier molecular flexibility index (Phi) is 5.17. The van der Waals surface area contributed by atoms with Gasteiger partial charge >= 0.3 is 0 Å². The molecule has 0 saturated carbocycles. The Labute approximate surface area is 147 Å². The summed E-state index contributed by atoms with van der Waals surface area (Å²) in [5.41, 5.74) is 15.2. The number of rotatable bonds is 6. The van der Waals surface area contributed by atoms with Crippen LogP contribution in [0.25, 0.3) is 27.3 Å². The zero-order valence-electron chi connectivity index (χ0n) is 14.6. The molecular formula is C20H21N5. The first-order valence-corrected chi connectivity index (χ1v) is 8.48. The molecule has 0 saturated heterocycles. The van der Waals surface area contributed by atoms with E-state index in [-0.39, 0.29) is 0 Å². The number of aromatic nitrogens is 2. The smallest absolute Gasteiger partial charge is 0.0707 e. The van der Waals surface area contributed by atoms with E-state index in [2.05, 4.69) is 72.4 Å². The number of nitrogens with zero attached hydrogens (tertiary/aromatic N) is 5. The molecule has 0 N–H and O–H groups in total. The van der Waals surface area contributed by atoms with Crippen molar-refractivity contribution in [3.8, 4) is 16.8 Å². The maximum atomic E-state index is 8.36. The Morgan fingerprint density at radius 3 is 2.44 bits per heavy atom. The van der Waals surface area contributed by atoms with Crippen LogP contribution in [0.15, 0.2) is 59.7 Å². The molecule has 0 amide bonds. The van der Waals surface area contributed by atoms with Gasteiger partial charge in [0.15, 0.2) is 0 Å². The molecule has 3 rings (SSSR count). The highest BCUT2D eigenvalue weighted by molar-refractivity contribution is 5.69. The molecule has 0 aliphatic rings. The molecule has 0 unspecified atom stereocenters. The van der Waals surface area contributed by atoms with Crippen LogP contribution in [0.4, 0.5) is 0 Å². The summed E-state index contributed by atoms with van der Waals surface area (Å²) >= 11 is 0. The molecule has 0 bridgehead atoms. The molecule has 0 radical (unpaired) electrons. The topological polar surface area (TPSA) is 66.6 Å². The monoisotopic (exact) mass is 331 g/mol. The van der Waals surface area contributed by atoms with Gasteiger partial charge in [0.2, 0.25) is 0 Å². The van der Waals surface area contributed by atoms with E-state index in [0.29, 0.717) is 6.54 Å². The molecule has 126 valence electrons. The van der Waals surface area contributed by atoms with E-state index in [0.717, 1.165) is 35.5 Å². The minimum Gasteiger partial charge on any atom is -0.237 e. The van der Waals surface area contributed by atoms with Crippen molar-refractivity contribution >= 4 is 0 Å². The molecule has 0 aliphatic carbocycles. The molecule has 3 aromatic rings. The van der Waals surface area contributed by atoms with Crippen molar-refractivity contribution in [2.45, 2.75) is 26.7 Å². The van der Waals surface area contributed by atoms with Crippen LogP contribution in [0.1, 0.15) is 23.9 Å². The van der Waals surface area contributed by atoms with Crippen molar-refractivity contribution in [2.24, 2.45) is 5.11 Å². The molecule has 0 fully saturated rings. The van der Waals surface area contributed by atoms with E-state index in [1.54, 1.807) is 0 Å². The summed E-state index contributed by atoms with van der Waals surface area (Å²) in [6, 6.07) is 18.7. The minimum absolute atomic E-state index is 0.481. The lowest BCUT2D eigenvalue weighted by atomic mass is 10.0. The van der Waals surface area contributed by atoms with Crippen LogP contribution in [-0.4, -0.2) is 16.3 Å². The Balaban J connectivity index is 1.95. The highest BCUT2D eigenvalue weighted by atomic mass is 15.3. The summed E-state index contributed by atoms with van der Waals surface area (Å²) < 4.78 is 2.01. The summed E-state index contributed by atoms with van der Waals surface area (Å²) in [5.74, 6) is 0. The van der Waals surface area contributed by atoms with Crippen LogP contribution in [0.3, 0.4) is 0 Å². The quantitative estimate of drug-likeness (QED) is 0.345. The van der Waals surface area contributed by atoms with E-state index < -0.39 is 0 Å². The second-order valence-electron chi connectivity index (χ2n) is 5.91. The number of aryl methyl sites for hydroxylation is 1. The third-order valence-corrected chi connectivity index (χ3v) is 4.33. The highest BCUT2D eigenvalue weighted by Gasteiger charge is 2.15. The number of hydrogen-bond donors (Lipinski definition) is 0. The van der Waals surface area contributed by atoms with Gasteiger partial charge in [-0.05, 0) is 48.6 Å². The zero-order chi connectivity index (χ0) is 17.6. The summed E-state index contributed by atoms with van der Waals surface area (Å²) in [7, 11) is 0. The Morgan fingerprint density at radius 2 is 1.80 bits per heavy atom. The maximum absolute atomic E-state index is 8.36. The second-order valence-corrected chi connectivity index (χ2v) is 5.91. The summed E-state index contributed by atoms with van der Waals surface area (Å²) in [6.45, 7) is 4.73. The third kappa shape index (κ3) is 3.57. The molecule has 25 heavy (non-hydrogen) atoms. The lowest BCUT2D eigenvalue weighted by Gasteiger charge is -2.07. The summed E-state index contributed by atoms with van der Waals surface area (Å²) in [4.78, 5) is 2.79. The fourth-order valence-electron chi connectivity index (χ4n) is 3.07. The predicted molar refractivity (Wildman–Crippen MR) is 101 cm³/mol. The average Bonchev–Trinajstić information content (AvgIpc) is 3.00. The van der Waals surface area contributed by atoms with E-state index in [9.17, 15) is 0 Å². The van der Waals surface area contributed by atoms with Crippen molar-refractivity contribution < 1.29 is 0 Å². The molecule has 2 aromatic carbocycles. The van der Waals surface area contributed by atoms with Crippen molar-refractivity contribution in [1.82, 2.24) is 9.78 Å². The van der Waals surface area contributed by atoms with Crippen LogP contribution >= 0.6 is 0 Å². The molecule has 0 atom stereocenters. The number of azide groups is 1. The van der Waals surface area contributed by atoms with Crippen LogP contribution in [-0.2, 0) is 12.8 Å².